The maximum absolute atomic E-state index is 11.6. The molecule has 0 aromatic carbocycles. The molecule has 4 N–H and O–H groups in total. The molecule has 0 fully saturated rings. The molecular weight excluding hydrogens is 424 g/mol. The summed E-state index contributed by atoms with van der Waals surface area (Å²) in [7, 11) is 3.13. The van der Waals surface area contributed by atoms with E-state index in [1.807, 2.05) is 0 Å². The number of unbranched alkanes of at least 4 members (excludes halogenated alkanes) is 6. The average molecular weight is 463 g/mol. The minimum Gasteiger partial charge on any atom is -0.337 e. The number of rotatable bonds is 17. The highest BCUT2D eigenvalue weighted by atomic mass is 33.1. The molecular formula is C20H38N4O4S2. The number of carbonyl (C=O) groups is 4. The Balaban J connectivity index is 3.50. The van der Waals surface area contributed by atoms with Crippen molar-refractivity contribution in [2.24, 2.45) is 0 Å². The fraction of sp³-hybridized carbons (Fsp3) is 0.800. The van der Waals surface area contributed by atoms with Gasteiger partial charge in [-0.1, -0.05) is 74.0 Å². The van der Waals surface area contributed by atoms with Crippen LogP contribution in [0.4, 0.5) is 9.59 Å². The monoisotopic (exact) mass is 462 g/mol. The van der Waals surface area contributed by atoms with Crippen LogP contribution in [0.25, 0.3) is 0 Å². The molecule has 6 amide bonds. The lowest BCUT2D eigenvalue weighted by Crippen LogP contribution is -2.40. The van der Waals surface area contributed by atoms with Gasteiger partial charge in [0, 0.05) is 37.4 Å². The van der Waals surface area contributed by atoms with E-state index in [1.54, 1.807) is 21.6 Å². The van der Waals surface area contributed by atoms with E-state index in [1.165, 1.54) is 0 Å². The molecule has 0 rings (SSSR count). The molecule has 30 heavy (non-hydrogen) atoms. The van der Waals surface area contributed by atoms with Gasteiger partial charge < -0.3 is 10.6 Å². The Hall–Kier alpha value is -1.42. The second-order valence-corrected chi connectivity index (χ2v) is 9.58. The van der Waals surface area contributed by atoms with Crippen molar-refractivity contribution in [1.29, 1.82) is 0 Å². The minimum absolute atomic E-state index is 0.241. The third kappa shape index (κ3) is 19.9. The van der Waals surface area contributed by atoms with Crippen molar-refractivity contribution in [3.8, 4) is 0 Å². The van der Waals surface area contributed by atoms with E-state index in [2.05, 4.69) is 35.1 Å². The quantitative estimate of drug-likeness (QED) is 0.192. The molecule has 0 aliphatic heterocycles. The maximum atomic E-state index is 11.6. The van der Waals surface area contributed by atoms with Gasteiger partial charge in [0.15, 0.2) is 0 Å². The van der Waals surface area contributed by atoms with E-state index in [0.29, 0.717) is 37.4 Å². The zero-order valence-corrected chi connectivity index (χ0v) is 20.0. The number of amides is 6. The Labute approximate surface area is 188 Å². The van der Waals surface area contributed by atoms with Crippen molar-refractivity contribution in [3.05, 3.63) is 0 Å². The first-order valence-corrected chi connectivity index (χ1v) is 13.4. The smallest absolute Gasteiger partial charge is 0.321 e. The zero-order chi connectivity index (χ0) is 22.5. The van der Waals surface area contributed by atoms with Gasteiger partial charge in [0.1, 0.15) is 0 Å². The van der Waals surface area contributed by atoms with Crippen molar-refractivity contribution in [2.45, 2.75) is 78.1 Å². The molecule has 0 saturated heterocycles. The SMILES string of the molecule is CCCCCCC(=O)NC(=O)NCCSSCCNC(=O)NC(=O)CCCCCC. The van der Waals surface area contributed by atoms with Gasteiger partial charge >= 0.3 is 12.1 Å². The first kappa shape index (κ1) is 28.6. The van der Waals surface area contributed by atoms with Crippen LogP contribution in [0.2, 0.25) is 0 Å². The molecule has 0 radical (unpaired) electrons. The number of carbonyl (C=O) groups excluding carboxylic acids is 4. The van der Waals surface area contributed by atoms with Crippen molar-refractivity contribution in [1.82, 2.24) is 21.3 Å². The predicted molar refractivity (Wildman–Crippen MR) is 126 cm³/mol. The summed E-state index contributed by atoms with van der Waals surface area (Å²) in [6.45, 7) is 5.12. The van der Waals surface area contributed by atoms with E-state index < -0.39 is 12.1 Å². The van der Waals surface area contributed by atoms with Gasteiger partial charge in [-0.2, -0.15) is 0 Å². The van der Waals surface area contributed by atoms with Crippen LogP contribution >= 0.6 is 21.6 Å². The Bertz CT molecular complexity index is 463. The molecule has 0 aliphatic carbocycles. The van der Waals surface area contributed by atoms with Crippen molar-refractivity contribution < 1.29 is 19.2 Å². The lowest BCUT2D eigenvalue weighted by atomic mass is 10.1. The number of imide groups is 2. The predicted octanol–water partition coefficient (Wildman–Crippen LogP) is 3.96. The first-order chi connectivity index (χ1) is 14.5. The van der Waals surface area contributed by atoms with Gasteiger partial charge in [-0.3, -0.25) is 20.2 Å². The summed E-state index contributed by atoms with van der Waals surface area (Å²) in [6.07, 6.45) is 8.80. The van der Waals surface area contributed by atoms with Gasteiger partial charge in [-0.05, 0) is 12.8 Å². The van der Waals surface area contributed by atoms with Gasteiger partial charge in [0.25, 0.3) is 0 Å². The second kappa shape index (κ2) is 20.8. The highest BCUT2D eigenvalue weighted by molar-refractivity contribution is 8.76. The van der Waals surface area contributed by atoms with Crippen LogP contribution < -0.4 is 21.3 Å². The summed E-state index contributed by atoms with van der Waals surface area (Å²) < 4.78 is 0. The van der Waals surface area contributed by atoms with Crippen LogP contribution in [0.5, 0.6) is 0 Å². The lowest BCUT2D eigenvalue weighted by molar-refractivity contribution is -0.121. The number of hydrogen-bond donors (Lipinski definition) is 4. The third-order valence-corrected chi connectivity index (χ3v) is 6.45. The Morgan fingerprint density at radius 1 is 0.600 bits per heavy atom. The molecule has 0 unspecified atom stereocenters. The number of hydrogen-bond acceptors (Lipinski definition) is 6. The van der Waals surface area contributed by atoms with Gasteiger partial charge in [-0.25, -0.2) is 9.59 Å². The van der Waals surface area contributed by atoms with Crippen LogP contribution in [-0.4, -0.2) is 48.5 Å². The fourth-order valence-corrected chi connectivity index (χ4v) is 4.24. The van der Waals surface area contributed by atoms with Crippen molar-refractivity contribution in [2.75, 3.05) is 24.6 Å². The minimum atomic E-state index is -0.459. The molecule has 0 aromatic heterocycles. The Kier molecular flexibility index (Phi) is 19.9. The van der Waals surface area contributed by atoms with Crippen LogP contribution in [0.15, 0.2) is 0 Å². The molecule has 0 aromatic rings. The van der Waals surface area contributed by atoms with Crippen LogP contribution in [0.3, 0.4) is 0 Å². The van der Waals surface area contributed by atoms with Crippen molar-refractivity contribution >= 4 is 45.5 Å². The van der Waals surface area contributed by atoms with E-state index in [9.17, 15) is 19.2 Å². The zero-order valence-electron chi connectivity index (χ0n) is 18.3. The van der Waals surface area contributed by atoms with E-state index in [-0.39, 0.29) is 11.8 Å². The molecule has 0 aliphatic rings. The topological polar surface area (TPSA) is 116 Å². The summed E-state index contributed by atoms with van der Waals surface area (Å²) in [6, 6.07) is -0.919. The van der Waals surface area contributed by atoms with Gasteiger partial charge in [0.2, 0.25) is 11.8 Å². The average Bonchev–Trinajstić information content (AvgIpc) is 2.70. The van der Waals surface area contributed by atoms with Crippen LogP contribution in [0, 0.1) is 0 Å². The maximum Gasteiger partial charge on any atom is 0.321 e. The summed E-state index contributed by atoms with van der Waals surface area (Å²) in [5.74, 6) is 0.889. The molecule has 8 nitrogen and oxygen atoms in total. The third-order valence-electron chi connectivity index (χ3n) is 4.05. The Morgan fingerprint density at radius 2 is 1.00 bits per heavy atom. The van der Waals surface area contributed by atoms with Crippen LogP contribution in [-0.2, 0) is 9.59 Å². The van der Waals surface area contributed by atoms with E-state index >= 15 is 0 Å². The summed E-state index contributed by atoms with van der Waals surface area (Å²) in [5.41, 5.74) is 0. The summed E-state index contributed by atoms with van der Waals surface area (Å²) >= 11 is 0. The fourth-order valence-electron chi connectivity index (χ4n) is 2.42. The molecule has 10 heteroatoms. The highest BCUT2D eigenvalue weighted by Gasteiger charge is 2.07. The molecule has 0 atom stereocenters. The molecule has 0 spiro atoms. The number of nitrogens with one attached hydrogen (secondary N) is 4. The standard InChI is InChI=1S/C20H38N4O4S2/c1-3-5-7-9-11-17(25)23-19(27)21-13-15-29-30-16-14-22-20(28)24-18(26)12-10-8-6-4-2/h3-16H2,1-2H3,(H2,21,23,25,27)(H2,22,24,26,28). The second-order valence-electron chi connectivity index (χ2n) is 6.87. The summed E-state index contributed by atoms with van der Waals surface area (Å²) in [5, 5.41) is 9.95. The van der Waals surface area contributed by atoms with E-state index in [0.717, 1.165) is 51.4 Å². The first-order valence-electron chi connectivity index (χ1n) is 10.9. The van der Waals surface area contributed by atoms with Gasteiger partial charge in [0.05, 0.1) is 0 Å². The van der Waals surface area contributed by atoms with Gasteiger partial charge in [-0.15, -0.1) is 0 Å². The van der Waals surface area contributed by atoms with E-state index in [4.69, 9.17) is 0 Å². The highest BCUT2D eigenvalue weighted by Crippen LogP contribution is 2.19. The lowest BCUT2D eigenvalue weighted by Gasteiger charge is -2.07. The summed E-state index contributed by atoms with van der Waals surface area (Å²) in [4.78, 5) is 46.4. The Morgan fingerprint density at radius 3 is 1.37 bits per heavy atom. The normalized spacial score (nSPS) is 10.3. The van der Waals surface area contributed by atoms with Crippen molar-refractivity contribution in [3.63, 3.8) is 0 Å². The number of urea groups is 2. The largest absolute Gasteiger partial charge is 0.337 e. The molecule has 0 bridgehead atoms. The molecule has 174 valence electrons. The molecule has 0 saturated carbocycles. The molecule has 0 heterocycles. The van der Waals surface area contributed by atoms with Crippen LogP contribution in [0.1, 0.15) is 78.1 Å².